The van der Waals surface area contributed by atoms with E-state index in [9.17, 15) is 9.59 Å². The molecule has 1 aliphatic heterocycles. The third kappa shape index (κ3) is 5.42. The number of thiophene rings is 1. The molecule has 0 radical (unpaired) electrons. The van der Waals surface area contributed by atoms with Gasteiger partial charge in [-0.2, -0.15) is 0 Å². The summed E-state index contributed by atoms with van der Waals surface area (Å²) in [7, 11) is 0. The first kappa shape index (κ1) is 17.0. The maximum atomic E-state index is 12.0. The molecule has 0 spiro atoms. The van der Waals surface area contributed by atoms with E-state index in [1.807, 2.05) is 17.5 Å². The van der Waals surface area contributed by atoms with E-state index >= 15 is 0 Å². The Morgan fingerprint density at radius 2 is 2.27 bits per heavy atom. The molecule has 22 heavy (non-hydrogen) atoms. The number of hydrogen-bond acceptors (Lipinski definition) is 4. The van der Waals surface area contributed by atoms with Crippen molar-refractivity contribution in [2.75, 3.05) is 19.6 Å². The van der Waals surface area contributed by atoms with Gasteiger partial charge >= 0.3 is 6.03 Å². The number of rotatable bonds is 6. The van der Waals surface area contributed by atoms with Crippen molar-refractivity contribution in [2.45, 2.75) is 45.1 Å². The van der Waals surface area contributed by atoms with Crippen LogP contribution in [0.25, 0.3) is 0 Å². The topological polar surface area (TPSA) is 61.4 Å². The van der Waals surface area contributed by atoms with E-state index in [2.05, 4.69) is 22.5 Å². The molecule has 1 aromatic heterocycles. The number of piperidine rings is 1. The molecule has 2 N–H and O–H groups in total. The van der Waals surface area contributed by atoms with Crippen molar-refractivity contribution >= 4 is 23.3 Å². The van der Waals surface area contributed by atoms with Crippen LogP contribution in [-0.2, 0) is 11.2 Å². The fourth-order valence-electron chi connectivity index (χ4n) is 2.88. The van der Waals surface area contributed by atoms with Crippen molar-refractivity contribution in [2.24, 2.45) is 0 Å². The first-order valence-corrected chi connectivity index (χ1v) is 8.91. The van der Waals surface area contributed by atoms with Crippen LogP contribution in [0.3, 0.4) is 0 Å². The second-order valence-corrected chi connectivity index (χ2v) is 6.69. The molecule has 1 aromatic rings. The highest BCUT2D eigenvalue weighted by Crippen LogP contribution is 2.18. The molecule has 1 atom stereocenters. The van der Waals surface area contributed by atoms with Crippen molar-refractivity contribution in [3.63, 3.8) is 0 Å². The van der Waals surface area contributed by atoms with Gasteiger partial charge in [-0.15, -0.1) is 11.3 Å². The summed E-state index contributed by atoms with van der Waals surface area (Å²) < 4.78 is 0. The molecule has 1 unspecified atom stereocenters. The molecular weight excluding hydrogens is 298 g/mol. The van der Waals surface area contributed by atoms with E-state index in [0.29, 0.717) is 19.1 Å². The number of carbonyl (C=O) groups is 2. The molecule has 2 rings (SSSR count). The Balaban J connectivity index is 1.66. The van der Waals surface area contributed by atoms with Gasteiger partial charge in [-0.3, -0.25) is 15.0 Å². The first-order chi connectivity index (χ1) is 10.7. The van der Waals surface area contributed by atoms with Gasteiger partial charge in [0.1, 0.15) is 0 Å². The van der Waals surface area contributed by atoms with E-state index in [1.165, 1.54) is 11.3 Å². The molecule has 0 bridgehead atoms. The lowest BCUT2D eigenvalue weighted by molar-refractivity contribution is -0.122. The van der Waals surface area contributed by atoms with Gasteiger partial charge in [0.05, 0.1) is 6.54 Å². The third-order valence-corrected chi connectivity index (χ3v) is 4.99. The van der Waals surface area contributed by atoms with Gasteiger partial charge in [-0.05, 0) is 43.7 Å². The van der Waals surface area contributed by atoms with Gasteiger partial charge < -0.3 is 5.32 Å². The number of imide groups is 1. The number of nitrogens with zero attached hydrogens (tertiary/aromatic N) is 1. The van der Waals surface area contributed by atoms with Crippen molar-refractivity contribution in [1.82, 2.24) is 15.5 Å². The number of hydrogen-bond donors (Lipinski definition) is 2. The second-order valence-electron chi connectivity index (χ2n) is 5.66. The van der Waals surface area contributed by atoms with Gasteiger partial charge in [0.15, 0.2) is 0 Å². The molecule has 1 saturated heterocycles. The monoisotopic (exact) mass is 323 g/mol. The van der Waals surface area contributed by atoms with Crippen LogP contribution in [0.15, 0.2) is 17.5 Å². The molecule has 1 fully saturated rings. The van der Waals surface area contributed by atoms with Gasteiger partial charge in [0, 0.05) is 17.5 Å². The summed E-state index contributed by atoms with van der Waals surface area (Å²) in [6.45, 7) is 3.96. The highest BCUT2D eigenvalue weighted by atomic mass is 32.1. The van der Waals surface area contributed by atoms with E-state index in [4.69, 9.17) is 0 Å². The Labute approximate surface area is 136 Å². The zero-order valence-electron chi connectivity index (χ0n) is 13.1. The smallest absolute Gasteiger partial charge is 0.321 e. The minimum Gasteiger partial charge on any atom is -0.337 e. The van der Waals surface area contributed by atoms with Gasteiger partial charge in [0.25, 0.3) is 0 Å². The van der Waals surface area contributed by atoms with Crippen molar-refractivity contribution in [3.8, 4) is 0 Å². The first-order valence-electron chi connectivity index (χ1n) is 8.03. The van der Waals surface area contributed by atoms with E-state index < -0.39 is 6.03 Å². The van der Waals surface area contributed by atoms with Gasteiger partial charge in [-0.1, -0.05) is 19.4 Å². The molecule has 0 aliphatic carbocycles. The normalized spacial score (nSPS) is 18.9. The number of amides is 3. The molecule has 5 nitrogen and oxygen atoms in total. The number of likely N-dealkylation sites (tertiary alicyclic amines) is 1. The fraction of sp³-hybridized carbons (Fsp3) is 0.625. The van der Waals surface area contributed by atoms with Gasteiger partial charge in [0.2, 0.25) is 5.91 Å². The Bertz CT molecular complexity index is 476. The number of nitrogens with one attached hydrogen (secondary N) is 2. The lowest BCUT2D eigenvalue weighted by atomic mass is 10.0. The standard InChI is InChI=1S/C16H25N3O2S/c1-2-13-6-3-4-10-19(13)12-15(20)18-16(21)17-9-8-14-7-5-11-22-14/h5,7,11,13H,2-4,6,8-10,12H2,1H3,(H2,17,18,20,21). The summed E-state index contributed by atoms with van der Waals surface area (Å²) in [5, 5.41) is 7.17. The highest BCUT2D eigenvalue weighted by molar-refractivity contribution is 7.09. The minimum absolute atomic E-state index is 0.214. The predicted octanol–water partition coefficient (Wildman–Crippen LogP) is 2.38. The predicted molar refractivity (Wildman–Crippen MR) is 89.1 cm³/mol. The molecule has 0 saturated carbocycles. The molecule has 1 aliphatic rings. The Kier molecular flexibility index (Phi) is 6.86. The third-order valence-electron chi connectivity index (χ3n) is 4.06. The highest BCUT2D eigenvalue weighted by Gasteiger charge is 2.23. The summed E-state index contributed by atoms with van der Waals surface area (Å²) in [5.41, 5.74) is 0. The van der Waals surface area contributed by atoms with Crippen LogP contribution in [0.5, 0.6) is 0 Å². The quantitative estimate of drug-likeness (QED) is 0.845. The van der Waals surface area contributed by atoms with E-state index in [-0.39, 0.29) is 5.91 Å². The molecule has 0 aromatic carbocycles. The van der Waals surface area contributed by atoms with Crippen LogP contribution in [0.2, 0.25) is 0 Å². The Morgan fingerprint density at radius 3 is 3.00 bits per heavy atom. The largest absolute Gasteiger partial charge is 0.337 e. The summed E-state index contributed by atoms with van der Waals surface area (Å²) in [4.78, 5) is 27.1. The lowest BCUT2D eigenvalue weighted by Gasteiger charge is -2.34. The second kappa shape index (κ2) is 8.90. The zero-order chi connectivity index (χ0) is 15.8. The van der Waals surface area contributed by atoms with Crippen LogP contribution in [0, 0.1) is 0 Å². The maximum Gasteiger partial charge on any atom is 0.321 e. The maximum absolute atomic E-state index is 12.0. The lowest BCUT2D eigenvalue weighted by Crippen LogP contribution is -2.48. The van der Waals surface area contributed by atoms with Crippen molar-refractivity contribution < 1.29 is 9.59 Å². The van der Waals surface area contributed by atoms with Crippen LogP contribution >= 0.6 is 11.3 Å². The Hall–Kier alpha value is -1.40. The van der Waals surface area contributed by atoms with Crippen LogP contribution in [0.1, 0.15) is 37.5 Å². The fourth-order valence-corrected chi connectivity index (χ4v) is 3.59. The van der Waals surface area contributed by atoms with Crippen LogP contribution in [0.4, 0.5) is 4.79 Å². The minimum atomic E-state index is -0.397. The summed E-state index contributed by atoms with van der Waals surface area (Å²) in [5.74, 6) is -0.214. The SMILES string of the molecule is CCC1CCCCN1CC(=O)NC(=O)NCCc1cccs1. The summed E-state index contributed by atoms with van der Waals surface area (Å²) in [6, 6.07) is 4.11. The zero-order valence-corrected chi connectivity index (χ0v) is 14.0. The molecule has 6 heteroatoms. The molecule has 2 heterocycles. The summed E-state index contributed by atoms with van der Waals surface area (Å²) in [6.07, 6.45) is 5.37. The molecule has 122 valence electrons. The molecule has 3 amide bonds. The Morgan fingerprint density at radius 1 is 1.41 bits per heavy atom. The van der Waals surface area contributed by atoms with Crippen molar-refractivity contribution in [3.05, 3.63) is 22.4 Å². The number of carbonyl (C=O) groups excluding carboxylic acids is 2. The molecular formula is C16H25N3O2S. The number of urea groups is 1. The van der Waals surface area contributed by atoms with Gasteiger partial charge in [-0.25, -0.2) is 4.79 Å². The van der Waals surface area contributed by atoms with Crippen LogP contribution < -0.4 is 10.6 Å². The average molecular weight is 323 g/mol. The van der Waals surface area contributed by atoms with Crippen molar-refractivity contribution in [1.29, 1.82) is 0 Å². The summed E-state index contributed by atoms with van der Waals surface area (Å²) >= 11 is 1.67. The van der Waals surface area contributed by atoms with E-state index in [1.54, 1.807) is 11.3 Å². The van der Waals surface area contributed by atoms with E-state index in [0.717, 1.165) is 32.2 Å². The van der Waals surface area contributed by atoms with Crippen LogP contribution in [-0.4, -0.2) is 42.5 Å². The average Bonchev–Trinajstić information content (AvgIpc) is 3.01.